The number of benzene rings is 2. The van der Waals surface area contributed by atoms with E-state index in [1.807, 2.05) is 24.3 Å². The number of carbonyl (C=O) groups is 3. The summed E-state index contributed by atoms with van der Waals surface area (Å²) in [6, 6.07) is 15.8. The minimum atomic E-state index is -0.806. The molecular weight excluding hydrogens is 420 g/mol. The van der Waals surface area contributed by atoms with Gasteiger partial charge in [0, 0.05) is 24.4 Å². The quantitative estimate of drug-likeness (QED) is 0.590. The number of ether oxygens (including phenoxy) is 1. The minimum absolute atomic E-state index is 0.0183. The van der Waals surface area contributed by atoms with Crippen molar-refractivity contribution in [1.29, 1.82) is 0 Å². The number of rotatable bonds is 7. The van der Waals surface area contributed by atoms with Crippen LogP contribution in [0.1, 0.15) is 56.1 Å². The third-order valence-corrected chi connectivity index (χ3v) is 6.59. The Morgan fingerprint density at radius 3 is 2.30 bits per heavy atom. The van der Waals surface area contributed by atoms with Gasteiger partial charge in [-0.25, -0.2) is 4.79 Å². The molecule has 7 heteroatoms. The second-order valence-electron chi connectivity index (χ2n) is 9.04. The van der Waals surface area contributed by atoms with Crippen LogP contribution < -0.4 is 10.6 Å². The molecule has 2 amide bonds. The molecule has 3 N–H and O–H groups in total. The number of nitrogens with one attached hydrogen (secondary N) is 2. The molecule has 0 radical (unpaired) electrons. The first kappa shape index (κ1) is 22.8. The van der Waals surface area contributed by atoms with Gasteiger partial charge in [-0.1, -0.05) is 55.0 Å². The lowest BCUT2D eigenvalue weighted by atomic mass is 9.85. The van der Waals surface area contributed by atoms with Crippen LogP contribution in [-0.2, 0) is 14.3 Å². The summed E-state index contributed by atoms with van der Waals surface area (Å²) in [5.74, 6) is -1.42. The van der Waals surface area contributed by atoms with Crippen LogP contribution in [0, 0.1) is 5.92 Å². The van der Waals surface area contributed by atoms with Crippen LogP contribution in [0.25, 0.3) is 11.1 Å². The molecule has 3 atom stereocenters. The molecule has 33 heavy (non-hydrogen) atoms. The molecule has 0 heterocycles. The van der Waals surface area contributed by atoms with Crippen LogP contribution in [-0.4, -0.2) is 41.8 Å². The van der Waals surface area contributed by atoms with Crippen molar-refractivity contribution in [3.05, 3.63) is 59.7 Å². The summed E-state index contributed by atoms with van der Waals surface area (Å²) in [6.45, 7) is 1.97. The van der Waals surface area contributed by atoms with Crippen molar-refractivity contribution in [2.45, 2.75) is 57.0 Å². The van der Waals surface area contributed by atoms with Gasteiger partial charge in [0.15, 0.2) is 0 Å². The normalized spacial score (nSPS) is 20.3. The van der Waals surface area contributed by atoms with E-state index in [-0.39, 0.29) is 30.9 Å². The molecule has 1 fully saturated rings. The number of carboxylic acids is 1. The van der Waals surface area contributed by atoms with E-state index < -0.39 is 24.0 Å². The van der Waals surface area contributed by atoms with Gasteiger partial charge in [-0.15, -0.1) is 0 Å². The van der Waals surface area contributed by atoms with E-state index in [4.69, 9.17) is 4.74 Å². The molecule has 7 nitrogen and oxygen atoms in total. The Hall–Kier alpha value is -3.35. The van der Waals surface area contributed by atoms with Crippen LogP contribution in [0.2, 0.25) is 0 Å². The maximum Gasteiger partial charge on any atom is 0.407 e. The number of fused-ring (bicyclic) bond motifs is 3. The highest BCUT2D eigenvalue weighted by Crippen LogP contribution is 2.44. The highest BCUT2D eigenvalue weighted by atomic mass is 16.5. The van der Waals surface area contributed by atoms with E-state index in [1.165, 1.54) is 11.1 Å². The third-order valence-electron chi connectivity index (χ3n) is 6.59. The topological polar surface area (TPSA) is 105 Å². The number of hydrogen-bond acceptors (Lipinski definition) is 4. The molecular formula is C26H30N2O5. The number of aliphatic carboxylic acids is 1. The lowest BCUT2D eigenvalue weighted by Crippen LogP contribution is -2.43. The Balaban J connectivity index is 1.25. The van der Waals surface area contributed by atoms with Gasteiger partial charge in [-0.3, -0.25) is 9.59 Å². The molecule has 0 bridgehead atoms. The van der Waals surface area contributed by atoms with Gasteiger partial charge in [0.1, 0.15) is 6.61 Å². The van der Waals surface area contributed by atoms with E-state index in [0.29, 0.717) is 12.8 Å². The number of carbonyl (C=O) groups excluding carboxylic acids is 2. The van der Waals surface area contributed by atoms with Crippen LogP contribution in [0.3, 0.4) is 0 Å². The van der Waals surface area contributed by atoms with Gasteiger partial charge in [0.2, 0.25) is 5.91 Å². The summed E-state index contributed by atoms with van der Waals surface area (Å²) in [5.41, 5.74) is 4.62. The van der Waals surface area contributed by atoms with Crippen LogP contribution in [0.5, 0.6) is 0 Å². The monoisotopic (exact) mass is 450 g/mol. The van der Waals surface area contributed by atoms with Gasteiger partial charge < -0.3 is 20.5 Å². The Morgan fingerprint density at radius 1 is 1.03 bits per heavy atom. The maximum atomic E-state index is 12.4. The largest absolute Gasteiger partial charge is 0.481 e. The summed E-state index contributed by atoms with van der Waals surface area (Å²) in [5, 5.41) is 14.8. The summed E-state index contributed by atoms with van der Waals surface area (Å²) in [6.07, 6.45) is 2.23. The van der Waals surface area contributed by atoms with Gasteiger partial charge in [-0.2, -0.15) is 0 Å². The van der Waals surface area contributed by atoms with Gasteiger partial charge >= 0.3 is 12.1 Å². The zero-order chi connectivity index (χ0) is 23.4. The third kappa shape index (κ3) is 5.35. The lowest BCUT2D eigenvalue weighted by Gasteiger charge is -2.27. The van der Waals surface area contributed by atoms with Crippen molar-refractivity contribution in [3.8, 4) is 11.1 Å². The molecule has 2 aliphatic carbocycles. The summed E-state index contributed by atoms with van der Waals surface area (Å²) in [7, 11) is 0. The fourth-order valence-corrected chi connectivity index (χ4v) is 5.00. The van der Waals surface area contributed by atoms with E-state index in [9.17, 15) is 19.5 Å². The number of amides is 2. The van der Waals surface area contributed by atoms with Crippen molar-refractivity contribution in [1.82, 2.24) is 10.6 Å². The second-order valence-corrected chi connectivity index (χ2v) is 9.04. The minimum Gasteiger partial charge on any atom is -0.481 e. The van der Waals surface area contributed by atoms with Gasteiger partial charge in [0.25, 0.3) is 0 Å². The maximum absolute atomic E-state index is 12.4. The van der Waals surface area contributed by atoms with Crippen LogP contribution in [0.4, 0.5) is 4.79 Å². The van der Waals surface area contributed by atoms with Crippen molar-refractivity contribution >= 4 is 18.0 Å². The fraction of sp³-hybridized carbons (Fsp3) is 0.423. The molecule has 1 saturated carbocycles. The molecule has 0 aromatic heterocycles. The number of carboxylic acid groups (broad SMARTS) is 1. The lowest BCUT2D eigenvalue weighted by molar-refractivity contribution is -0.143. The summed E-state index contributed by atoms with van der Waals surface area (Å²) >= 11 is 0. The molecule has 0 aliphatic heterocycles. The van der Waals surface area contributed by atoms with Crippen LogP contribution >= 0.6 is 0 Å². The van der Waals surface area contributed by atoms with Crippen LogP contribution in [0.15, 0.2) is 48.5 Å². The first-order valence-corrected chi connectivity index (χ1v) is 11.6. The van der Waals surface area contributed by atoms with Gasteiger partial charge in [-0.05, 0) is 48.4 Å². The predicted octanol–water partition coefficient (Wildman–Crippen LogP) is 4.06. The zero-order valence-electron chi connectivity index (χ0n) is 18.8. The predicted molar refractivity (Wildman–Crippen MR) is 124 cm³/mol. The summed E-state index contributed by atoms with van der Waals surface area (Å²) < 4.78 is 5.54. The Kier molecular flexibility index (Phi) is 6.96. The molecule has 2 aromatic carbocycles. The standard InChI is InChI=1S/C26H30N2O5/c1-16(13-24(29)28-18-8-6-7-17(14-18)25(30)31)27-26(32)33-15-23-21-11-4-2-9-19(21)20-10-3-5-12-22(20)23/h2-5,9-12,16-18,23H,6-8,13-15H2,1H3,(H,27,32)(H,28,29)(H,30,31)/t16-,17+,18+/m0/s1. The molecule has 174 valence electrons. The van der Waals surface area contributed by atoms with E-state index in [2.05, 4.69) is 34.9 Å². The highest BCUT2D eigenvalue weighted by Gasteiger charge is 2.30. The Bertz CT molecular complexity index is 991. The molecule has 0 unspecified atom stereocenters. The average Bonchev–Trinajstić information content (AvgIpc) is 3.11. The van der Waals surface area contributed by atoms with Crippen molar-refractivity contribution in [3.63, 3.8) is 0 Å². The molecule has 4 rings (SSSR count). The molecule has 2 aliphatic rings. The first-order chi connectivity index (χ1) is 15.9. The molecule has 0 spiro atoms. The highest BCUT2D eigenvalue weighted by molar-refractivity contribution is 5.80. The fourth-order valence-electron chi connectivity index (χ4n) is 5.00. The smallest absolute Gasteiger partial charge is 0.407 e. The Labute approximate surface area is 193 Å². The van der Waals surface area contributed by atoms with E-state index in [0.717, 1.165) is 24.0 Å². The van der Waals surface area contributed by atoms with Crippen molar-refractivity contribution in [2.75, 3.05) is 6.61 Å². The second kappa shape index (κ2) is 10.1. The number of alkyl carbamates (subject to hydrolysis) is 1. The van der Waals surface area contributed by atoms with Gasteiger partial charge in [0.05, 0.1) is 5.92 Å². The molecule has 2 aromatic rings. The van der Waals surface area contributed by atoms with Crippen molar-refractivity contribution in [2.24, 2.45) is 5.92 Å². The first-order valence-electron chi connectivity index (χ1n) is 11.6. The average molecular weight is 451 g/mol. The van der Waals surface area contributed by atoms with E-state index in [1.54, 1.807) is 6.92 Å². The number of hydrogen-bond donors (Lipinski definition) is 3. The summed E-state index contributed by atoms with van der Waals surface area (Å²) in [4.78, 5) is 36.0. The SMILES string of the molecule is C[C@@H](CC(=O)N[C@@H]1CCC[C@@H](C(=O)O)C1)NC(=O)OCC1c2ccccc2-c2ccccc21. The zero-order valence-corrected chi connectivity index (χ0v) is 18.8. The van der Waals surface area contributed by atoms with Crippen molar-refractivity contribution < 1.29 is 24.2 Å². The Morgan fingerprint density at radius 2 is 1.67 bits per heavy atom. The molecule has 0 saturated heterocycles. The van der Waals surface area contributed by atoms with E-state index >= 15 is 0 Å².